The molecule has 9 heteroatoms. The van der Waals surface area contributed by atoms with Crippen LogP contribution in [0, 0.1) is 0 Å². The number of rotatable bonds is 4. The van der Waals surface area contributed by atoms with E-state index < -0.39 is 6.61 Å². The molecule has 2 aromatic rings. The maximum atomic E-state index is 12.2. The molecule has 7 nitrogen and oxygen atoms in total. The smallest absolute Gasteiger partial charge is 0.388 e. The van der Waals surface area contributed by atoms with Crippen LogP contribution in [0.4, 0.5) is 8.78 Å². The lowest BCUT2D eigenvalue weighted by Crippen LogP contribution is -2.19. The van der Waals surface area contributed by atoms with E-state index in [4.69, 9.17) is 4.74 Å². The molecule has 0 aromatic carbocycles. The zero-order valence-corrected chi connectivity index (χ0v) is 12.3. The van der Waals surface area contributed by atoms with Crippen LogP contribution in [-0.4, -0.2) is 40.9 Å². The van der Waals surface area contributed by atoms with Crippen molar-refractivity contribution in [3.63, 3.8) is 0 Å². The van der Waals surface area contributed by atoms with Crippen molar-refractivity contribution in [2.45, 2.75) is 19.6 Å². The van der Waals surface area contributed by atoms with E-state index in [0.717, 1.165) is 6.42 Å². The fraction of sp³-hybridized carbons (Fsp3) is 0.357. The molecule has 0 fully saturated rings. The van der Waals surface area contributed by atoms with E-state index in [-0.39, 0.29) is 17.5 Å². The Bertz CT molecular complexity index is 716. The maximum Gasteiger partial charge on any atom is 0.388 e. The second-order valence-corrected chi connectivity index (χ2v) is 4.80. The van der Waals surface area contributed by atoms with Crippen LogP contribution in [0.1, 0.15) is 16.9 Å². The van der Waals surface area contributed by atoms with Gasteiger partial charge in [0.25, 0.3) is 5.91 Å². The van der Waals surface area contributed by atoms with Gasteiger partial charge in [-0.05, 0) is 6.07 Å². The molecule has 3 rings (SSSR count). The molecule has 0 radical (unpaired) electrons. The first-order valence-electron chi connectivity index (χ1n) is 6.97. The minimum atomic E-state index is -2.94. The van der Waals surface area contributed by atoms with Crippen LogP contribution in [0.25, 0.3) is 11.1 Å². The molecule has 2 aromatic heterocycles. The summed E-state index contributed by atoms with van der Waals surface area (Å²) in [7, 11) is 1.50. The summed E-state index contributed by atoms with van der Waals surface area (Å²) in [5, 5.41) is 6.79. The van der Waals surface area contributed by atoms with Crippen LogP contribution >= 0.6 is 0 Å². The van der Waals surface area contributed by atoms with Crippen LogP contribution in [0.15, 0.2) is 18.3 Å². The van der Waals surface area contributed by atoms with Crippen molar-refractivity contribution in [1.29, 1.82) is 0 Å². The van der Waals surface area contributed by atoms with Crippen LogP contribution in [-0.2, 0) is 6.54 Å². The van der Waals surface area contributed by atoms with Gasteiger partial charge in [0.1, 0.15) is 0 Å². The summed E-state index contributed by atoms with van der Waals surface area (Å²) in [5.41, 5.74) is 1.22. The molecule has 122 valence electrons. The van der Waals surface area contributed by atoms with Gasteiger partial charge in [0.2, 0.25) is 11.8 Å². The summed E-state index contributed by atoms with van der Waals surface area (Å²) in [6.07, 6.45) is 2.14. The van der Waals surface area contributed by atoms with Gasteiger partial charge < -0.3 is 14.8 Å². The van der Waals surface area contributed by atoms with Crippen LogP contribution in [0.3, 0.4) is 0 Å². The quantitative estimate of drug-likeness (QED) is 0.926. The summed E-state index contributed by atoms with van der Waals surface area (Å²) < 4.78 is 35.8. The lowest BCUT2D eigenvalue weighted by molar-refractivity contribution is -0.0528. The molecule has 0 spiro atoms. The van der Waals surface area contributed by atoms with Gasteiger partial charge in [0.15, 0.2) is 5.69 Å². The average molecular weight is 324 g/mol. The lowest BCUT2D eigenvalue weighted by atomic mass is 10.1. The molecule has 1 aliphatic heterocycles. The lowest BCUT2D eigenvalue weighted by Gasteiger charge is -2.16. The first kappa shape index (κ1) is 15.2. The predicted molar refractivity (Wildman–Crippen MR) is 75.6 cm³/mol. The monoisotopic (exact) mass is 324 g/mol. The molecule has 0 bridgehead atoms. The van der Waals surface area contributed by atoms with Gasteiger partial charge in [-0.2, -0.15) is 13.9 Å². The SMILES string of the molecule is CNC(=O)c1nn2c(c1-c1ccc(OC(F)F)nc1)OCCC2. The molecule has 0 saturated carbocycles. The number of aromatic nitrogens is 3. The number of nitrogens with zero attached hydrogens (tertiary/aromatic N) is 3. The highest BCUT2D eigenvalue weighted by Gasteiger charge is 2.27. The average Bonchev–Trinajstić information content (AvgIpc) is 2.94. The Morgan fingerprint density at radius 1 is 1.48 bits per heavy atom. The molecule has 0 saturated heterocycles. The highest BCUT2D eigenvalue weighted by molar-refractivity contribution is 6.00. The standard InChI is InChI=1S/C14H14F2N4O3/c1-17-12(21)11-10(13-20(19-11)5-2-6-22-13)8-3-4-9(18-7-8)23-14(15)16/h3-4,7,14H,2,5-6H2,1H3,(H,17,21). The van der Waals surface area contributed by atoms with Gasteiger partial charge in [0, 0.05) is 37.8 Å². The Balaban J connectivity index is 2.03. The third kappa shape index (κ3) is 2.94. The van der Waals surface area contributed by atoms with Crippen molar-refractivity contribution in [3.05, 3.63) is 24.0 Å². The fourth-order valence-electron chi connectivity index (χ4n) is 2.35. The minimum absolute atomic E-state index is 0.202. The van der Waals surface area contributed by atoms with Gasteiger partial charge >= 0.3 is 6.61 Å². The van der Waals surface area contributed by atoms with Gasteiger partial charge in [-0.1, -0.05) is 0 Å². The number of alkyl halides is 2. The van der Waals surface area contributed by atoms with Crippen molar-refractivity contribution in [2.75, 3.05) is 13.7 Å². The van der Waals surface area contributed by atoms with Gasteiger partial charge in [-0.15, -0.1) is 0 Å². The zero-order chi connectivity index (χ0) is 16.4. The van der Waals surface area contributed by atoms with E-state index in [0.29, 0.717) is 30.2 Å². The number of pyridine rings is 1. The first-order valence-corrected chi connectivity index (χ1v) is 6.97. The number of halogens is 2. The van der Waals surface area contributed by atoms with E-state index in [1.165, 1.54) is 25.4 Å². The molecule has 0 unspecified atom stereocenters. The minimum Gasteiger partial charge on any atom is -0.477 e. The summed E-state index contributed by atoms with van der Waals surface area (Å²) >= 11 is 0. The second kappa shape index (κ2) is 6.19. The summed E-state index contributed by atoms with van der Waals surface area (Å²) in [5.74, 6) is -0.0928. The highest BCUT2D eigenvalue weighted by Crippen LogP contribution is 2.35. The Labute approximate surface area is 130 Å². The topological polar surface area (TPSA) is 78.3 Å². The third-order valence-electron chi connectivity index (χ3n) is 3.34. The van der Waals surface area contributed by atoms with E-state index in [9.17, 15) is 13.6 Å². The molecule has 23 heavy (non-hydrogen) atoms. The van der Waals surface area contributed by atoms with Crippen molar-refractivity contribution >= 4 is 5.91 Å². The summed E-state index contributed by atoms with van der Waals surface area (Å²) in [6, 6.07) is 2.84. The van der Waals surface area contributed by atoms with E-state index in [1.807, 2.05) is 0 Å². The molecular formula is C14H14F2N4O3. The van der Waals surface area contributed by atoms with E-state index in [1.54, 1.807) is 4.68 Å². The number of nitrogens with one attached hydrogen (secondary N) is 1. The summed E-state index contributed by atoms with van der Waals surface area (Å²) in [4.78, 5) is 15.9. The Kier molecular flexibility index (Phi) is 4.09. The molecule has 1 aliphatic rings. The van der Waals surface area contributed by atoms with Gasteiger partial charge in [-0.25, -0.2) is 9.67 Å². The van der Waals surface area contributed by atoms with Gasteiger partial charge in [-0.3, -0.25) is 4.79 Å². The highest BCUT2D eigenvalue weighted by atomic mass is 19.3. The molecule has 1 amide bonds. The second-order valence-electron chi connectivity index (χ2n) is 4.80. The maximum absolute atomic E-state index is 12.2. The number of carbonyl (C=O) groups is 1. The number of aryl methyl sites for hydroxylation is 1. The van der Waals surface area contributed by atoms with Crippen molar-refractivity contribution < 1.29 is 23.0 Å². The molecule has 3 heterocycles. The van der Waals surface area contributed by atoms with E-state index in [2.05, 4.69) is 20.1 Å². The van der Waals surface area contributed by atoms with Crippen LogP contribution in [0.5, 0.6) is 11.8 Å². The van der Waals surface area contributed by atoms with Crippen molar-refractivity contribution in [3.8, 4) is 22.9 Å². The van der Waals surface area contributed by atoms with Crippen molar-refractivity contribution in [2.24, 2.45) is 0 Å². The Morgan fingerprint density at radius 3 is 2.96 bits per heavy atom. The number of ether oxygens (including phenoxy) is 2. The number of amides is 1. The Hall–Kier alpha value is -2.71. The number of hydrogen-bond acceptors (Lipinski definition) is 5. The van der Waals surface area contributed by atoms with E-state index >= 15 is 0 Å². The normalized spacial score (nSPS) is 13.4. The number of carbonyl (C=O) groups excluding carboxylic acids is 1. The fourth-order valence-corrected chi connectivity index (χ4v) is 2.35. The Morgan fingerprint density at radius 2 is 2.30 bits per heavy atom. The first-order chi connectivity index (χ1) is 11.1. The molecule has 0 atom stereocenters. The van der Waals surface area contributed by atoms with Crippen LogP contribution < -0.4 is 14.8 Å². The predicted octanol–water partition coefficient (Wildman–Crippen LogP) is 1.69. The zero-order valence-electron chi connectivity index (χ0n) is 12.3. The molecular weight excluding hydrogens is 310 g/mol. The molecule has 0 aliphatic carbocycles. The third-order valence-corrected chi connectivity index (χ3v) is 3.34. The largest absolute Gasteiger partial charge is 0.477 e. The number of hydrogen-bond donors (Lipinski definition) is 1. The van der Waals surface area contributed by atoms with Crippen molar-refractivity contribution in [1.82, 2.24) is 20.1 Å². The van der Waals surface area contributed by atoms with Crippen LogP contribution in [0.2, 0.25) is 0 Å². The van der Waals surface area contributed by atoms with Gasteiger partial charge in [0.05, 0.1) is 12.2 Å². The summed E-state index contributed by atoms with van der Waals surface area (Å²) in [6.45, 7) is -1.78. The number of fused-ring (bicyclic) bond motifs is 1. The molecule has 1 N–H and O–H groups in total.